The van der Waals surface area contributed by atoms with Gasteiger partial charge in [0.05, 0.1) is 13.1 Å². The highest BCUT2D eigenvalue weighted by molar-refractivity contribution is 5.83. The minimum Gasteiger partial charge on any atom is -0.342 e. The van der Waals surface area contributed by atoms with E-state index in [0.29, 0.717) is 5.82 Å². The normalized spacial score (nSPS) is 18.7. The van der Waals surface area contributed by atoms with Crippen molar-refractivity contribution in [1.82, 2.24) is 35.1 Å². The summed E-state index contributed by atoms with van der Waals surface area (Å²) in [6, 6.07) is 0. The van der Waals surface area contributed by atoms with E-state index in [4.69, 9.17) is 4.52 Å². The highest BCUT2D eigenvalue weighted by Crippen LogP contribution is 2.43. The van der Waals surface area contributed by atoms with E-state index >= 15 is 0 Å². The molecule has 1 saturated heterocycles. The zero-order valence-corrected chi connectivity index (χ0v) is 16.1. The van der Waals surface area contributed by atoms with Crippen molar-refractivity contribution in [2.45, 2.75) is 51.5 Å². The number of halogens is 4. The van der Waals surface area contributed by atoms with Gasteiger partial charge in [0.25, 0.3) is 0 Å². The van der Waals surface area contributed by atoms with Gasteiger partial charge in [-0.3, -0.25) is 0 Å². The van der Waals surface area contributed by atoms with Crippen LogP contribution in [0.25, 0.3) is 11.2 Å². The lowest BCUT2D eigenvalue weighted by molar-refractivity contribution is -0.172. The Kier molecular flexibility index (Phi) is 4.07. The molecule has 0 amide bonds. The summed E-state index contributed by atoms with van der Waals surface area (Å²) >= 11 is 0. The second-order valence-electron chi connectivity index (χ2n) is 8.04. The van der Waals surface area contributed by atoms with Crippen LogP contribution in [0.2, 0.25) is 0 Å². The fourth-order valence-corrected chi connectivity index (χ4v) is 2.95. The van der Waals surface area contributed by atoms with E-state index in [2.05, 4.69) is 30.4 Å². The first-order valence-corrected chi connectivity index (χ1v) is 8.79. The lowest BCUT2D eigenvalue weighted by Crippen LogP contribution is -2.38. The lowest BCUT2D eigenvalue weighted by atomic mass is 9.96. The molecular formula is C16H18F4N8O. The van der Waals surface area contributed by atoms with Gasteiger partial charge in [0.1, 0.15) is 12.4 Å². The number of aryl methyl sites for hydroxylation is 1. The zero-order chi connectivity index (χ0) is 21.2. The molecule has 3 aromatic rings. The number of anilines is 1. The summed E-state index contributed by atoms with van der Waals surface area (Å²) in [5, 5.41) is 11.6. The molecule has 1 aliphatic heterocycles. The molecule has 13 heteroatoms. The summed E-state index contributed by atoms with van der Waals surface area (Å²) in [6.45, 7) is 4.79. The first kappa shape index (κ1) is 19.5. The smallest absolute Gasteiger partial charge is 0.329 e. The summed E-state index contributed by atoms with van der Waals surface area (Å²) in [5.41, 5.74) is -0.332. The molecule has 4 heterocycles. The molecule has 0 spiro atoms. The van der Waals surface area contributed by atoms with Crippen molar-refractivity contribution in [2.75, 3.05) is 18.0 Å². The van der Waals surface area contributed by atoms with E-state index in [9.17, 15) is 17.6 Å². The van der Waals surface area contributed by atoms with Gasteiger partial charge in [-0.15, -0.1) is 5.10 Å². The Labute approximate surface area is 162 Å². The molecule has 4 rings (SSSR count). The van der Waals surface area contributed by atoms with Crippen molar-refractivity contribution >= 4 is 17.0 Å². The van der Waals surface area contributed by atoms with Gasteiger partial charge in [-0.2, -0.15) is 22.5 Å². The third kappa shape index (κ3) is 3.27. The van der Waals surface area contributed by atoms with Crippen molar-refractivity contribution in [3.05, 3.63) is 17.5 Å². The highest BCUT2D eigenvalue weighted by atomic mass is 19.3. The number of rotatable bonds is 3. The first-order chi connectivity index (χ1) is 13.4. The Hall–Kier alpha value is -2.86. The first-order valence-electron chi connectivity index (χ1n) is 8.79. The van der Waals surface area contributed by atoms with Crippen LogP contribution in [-0.4, -0.2) is 60.0 Å². The number of hydrogen-bond donors (Lipinski definition) is 0. The van der Waals surface area contributed by atoms with E-state index in [1.807, 2.05) is 20.8 Å². The maximum atomic E-state index is 13.8. The van der Waals surface area contributed by atoms with Gasteiger partial charge in [-0.25, -0.2) is 14.6 Å². The molecule has 156 valence electrons. The van der Waals surface area contributed by atoms with Gasteiger partial charge in [-0.1, -0.05) is 31.1 Å². The molecule has 0 saturated carbocycles. The van der Waals surface area contributed by atoms with Gasteiger partial charge in [0.2, 0.25) is 5.89 Å². The third-order valence-corrected chi connectivity index (χ3v) is 4.48. The van der Waals surface area contributed by atoms with Crippen LogP contribution in [0, 0.1) is 6.92 Å². The molecule has 0 N–H and O–H groups in total. The number of aromatic nitrogens is 7. The van der Waals surface area contributed by atoms with Crippen LogP contribution in [0.5, 0.6) is 0 Å². The van der Waals surface area contributed by atoms with Gasteiger partial charge in [-0.05, 0) is 6.92 Å². The van der Waals surface area contributed by atoms with E-state index in [0.717, 1.165) is 4.90 Å². The second kappa shape index (κ2) is 6.07. The van der Waals surface area contributed by atoms with Crippen LogP contribution >= 0.6 is 0 Å². The maximum Gasteiger partial charge on any atom is 0.329 e. The van der Waals surface area contributed by atoms with Crippen molar-refractivity contribution in [1.29, 1.82) is 0 Å². The summed E-state index contributed by atoms with van der Waals surface area (Å²) in [6.07, 6.45) is 0. The average molecular weight is 414 g/mol. The van der Waals surface area contributed by atoms with Gasteiger partial charge < -0.3 is 9.42 Å². The predicted octanol–water partition coefficient (Wildman–Crippen LogP) is 2.35. The number of hydrogen-bond acceptors (Lipinski definition) is 8. The molecular weight excluding hydrogens is 396 g/mol. The molecule has 1 fully saturated rings. The fourth-order valence-electron chi connectivity index (χ4n) is 2.95. The summed E-state index contributed by atoms with van der Waals surface area (Å²) in [7, 11) is 0. The van der Waals surface area contributed by atoms with Crippen molar-refractivity contribution in [2.24, 2.45) is 0 Å². The Morgan fingerprint density at radius 1 is 1.03 bits per heavy atom. The number of alkyl halides is 4. The van der Waals surface area contributed by atoms with E-state index in [-0.39, 0.29) is 35.2 Å². The quantitative estimate of drug-likeness (QED) is 0.603. The number of nitrogens with zero attached hydrogens (tertiary/aromatic N) is 8. The summed E-state index contributed by atoms with van der Waals surface area (Å²) < 4.78 is 61.5. The lowest BCUT2D eigenvalue weighted by Gasteiger charge is -2.21. The van der Waals surface area contributed by atoms with E-state index in [1.165, 1.54) is 4.68 Å². The molecule has 9 nitrogen and oxygen atoms in total. The predicted molar refractivity (Wildman–Crippen MR) is 92.1 cm³/mol. The monoisotopic (exact) mass is 414 g/mol. The van der Waals surface area contributed by atoms with Gasteiger partial charge in [0, 0.05) is 5.41 Å². The van der Waals surface area contributed by atoms with Gasteiger partial charge in [0.15, 0.2) is 22.8 Å². The fraction of sp³-hybridized carbons (Fsp3) is 0.625. The second-order valence-corrected chi connectivity index (χ2v) is 8.04. The van der Waals surface area contributed by atoms with Crippen LogP contribution in [0.3, 0.4) is 0 Å². The summed E-state index contributed by atoms with van der Waals surface area (Å²) in [4.78, 5) is 13.7. The minimum atomic E-state index is -4.18. The Morgan fingerprint density at radius 3 is 2.24 bits per heavy atom. The van der Waals surface area contributed by atoms with Crippen molar-refractivity contribution in [3.8, 4) is 0 Å². The Morgan fingerprint density at radius 2 is 1.69 bits per heavy atom. The Balaban J connectivity index is 1.84. The third-order valence-electron chi connectivity index (χ3n) is 4.48. The molecule has 0 radical (unpaired) electrons. The molecule has 29 heavy (non-hydrogen) atoms. The molecule has 0 aliphatic carbocycles. The largest absolute Gasteiger partial charge is 0.342 e. The van der Waals surface area contributed by atoms with E-state index in [1.54, 1.807) is 6.92 Å². The molecule has 1 aliphatic rings. The maximum absolute atomic E-state index is 13.8. The Bertz CT molecular complexity index is 1050. The van der Waals surface area contributed by atoms with Crippen LogP contribution in [0.15, 0.2) is 4.52 Å². The topological polar surface area (TPSA) is 98.7 Å². The number of fused-ring (bicyclic) bond motifs is 1. The average Bonchev–Trinajstić information content (AvgIpc) is 3.24. The highest BCUT2D eigenvalue weighted by Gasteiger charge is 2.63. The standard InChI is InChI=1S/C16H18F4N8O/c1-8-21-9(29-25-8)5-28-12-10(24-26-28)11(22-13(23-12)14(2,3)4)27-6-15(17,18)16(19,20)7-27/h5-7H2,1-4H3. The molecule has 0 atom stereocenters. The van der Waals surface area contributed by atoms with Crippen molar-refractivity contribution in [3.63, 3.8) is 0 Å². The SMILES string of the molecule is Cc1noc(Cn2nnc3c(N4CC(F)(F)C(F)(F)C4)nc(C(C)(C)C)nc32)n1. The van der Waals surface area contributed by atoms with Crippen molar-refractivity contribution < 1.29 is 22.1 Å². The minimum absolute atomic E-state index is 0.0314. The molecule has 0 aromatic carbocycles. The van der Waals surface area contributed by atoms with Crippen LogP contribution in [0.4, 0.5) is 23.4 Å². The van der Waals surface area contributed by atoms with Crippen LogP contribution in [0.1, 0.15) is 38.3 Å². The molecule has 0 bridgehead atoms. The van der Waals surface area contributed by atoms with E-state index < -0.39 is 30.3 Å². The van der Waals surface area contributed by atoms with Crippen LogP contribution in [-0.2, 0) is 12.0 Å². The molecule has 3 aromatic heterocycles. The van der Waals surface area contributed by atoms with Crippen LogP contribution < -0.4 is 4.90 Å². The molecule has 0 unspecified atom stereocenters. The summed E-state index contributed by atoms with van der Waals surface area (Å²) in [5.74, 6) is -7.51. The van der Waals surface area contributed by atoms with Gasteiger partial charge >= 0.3 is 11.8 Å². The zero-order valence-electron chi connectivity index (χ0n) is 16.1.